The summed E-state index contributed by atoms with van der Waals surface area (Å²) in [7, 11) is -3.14. The van der Waals surface area contributed by atoms with E-state index in [1.54, 1.807) is 4.90 Å². The average molecular weight is 326 g/mol. The minimum absolute atomic E-state index is 0. The molecule has 1 saturated carbocycles. The zero-order chi connectivity index (χ0) is 14.1. The second kappa shape index (κ2) is 6.60. The van der Waals surface area contributed by atoms with Crippen LogP contribution in [-0.4, -0.2) is 62.5 Å². The summed E-state index contributed by atoms with van der Waals surface area (Å²) in [6.45, 7) is 2.15. The molecule has 8 heteroatoms. The lowest BCUT2D eigenvalue weighted by molar-refractivity contribution is -0.142. The first-order chi connectivity index (χ1) is 8.89. The fourth-order valence-corrected chi connectivity index (χ4v) is 3.94. The first kappa shape index (κ1) is 17.7. The van der Waals surface area contributed by atoms with E-state index in [1.807, 2.05) is 0 Å². The predicted molar refractivity (Wildman–Crippen MR) is 80.2 cm³/mol. The molecule has 6 nitrogen and oxygen atoms in total. The van der Waals surface area contributed by atoms with Crippen LogP contribution >= 0.6 is 12.4 Å². The van der Waals surface area contributed by atoms with Crippen molar-refractivity contribution in [3.63, 3.8) is 0 Å². The minimum atomic E-state index is -3.14. The van der Waals surface area contributed by atoms with Crippen molar-refractivity contribution in [3.8, 4) is 0 Å². The number of halogens is 1. The molecule has 1 amide bonds. The Morgan fingerprint density at radius 1 is 1.15 bits per heavy atom. The first-order valence-electron chi connectivity index (χ1n) is 6.84. The van der Waals surface area contributed by atoms with Crippen LogP contribution in [0.25, 0.3) is 0 Å². The fraction of sp³-hybridized carbons (Fsp3) is 0.917. The third kappa shape index (κ3) is 3.44. The van der Waals surface area contributed by atoms with E-state index in [1.165, 1.54) is 10.6 Å². The van der Waals surface area contributed by atoms with Crippen LogP contribution in [0.4, 0.5) is 0 Å². The van der Waals surface area contributed by atoms with Crippen molar-refractivity contribution < 1.29 is 13.2 Å². The molecule has 1 heterocycles. The van der Waals surface area contributed by atoms with Crippen LogP contribution in [0.1, 0.15) is 25.7 Å². The Bertz CT molecular complexity index is 441. The van der Waals surface area contributed by atoms with Gasteiger partial charge in [-0.05, 0) is 12.8 Å². The number of nitrogens with two attached hydrogens (primary N) is 1. The molecule has 1 aliphatic heterocycles. The van der Waals surface area contributed by atoms with Crippen molar-refractivity contribution >= 4 is 28.3 Å². The van der Waals surface area contributed by atoms with Gasteiger partial charge in [0.15, 0.2) is 0 Å². The minimum Gasteiger partial charge on any atom is -0.340 e. The molecule has 0 aromatic heterocycles. The molecule has 2 rings (SSSR count). The Labute approximate surface area is 127 Å². The normalized spacial score (nSPS) is 23.4. The molecule has 2 fully saturated rings. The topological polar surface area (TPSA) is 83.7 Å². The van der Waals surface area contributed by atoms with E-state index in [9.17, 15) is 13.2 Å². The third-order valence-electron chi connectivity index (χ3n) is 4.40. The zero-order valence-corrected chi connectivity index (χ0v) is 13.5. The molecule has 1 saturated heterocycles. The van der Waals surface area contributed by atoms with Crippen molar-refractivity contribution in [1.29, 1.82) is 0 Å². The number of rotatable bonds is 3. The molecule has 2 aliphatic rings. The quantitative estimate of drug-likeness (QED) is 0.793. The molecule has 118 valence electrons. The summed E-state index contributed by atoms with van der Waals surface area (Å²) in [5.74, 6) is 0.126. The molecule has 0 aromatic rings. The number of hydrogen-bond acceptors (Lipinski definition) is 4. The summed E-state index contributed by atoms with van der Waals surface area (Å²) >= 11 is 0. The number of amides is 1. The van der Waals surface area contributed by atoms with Gasteiger partial charge in [0.25, 0.3) is 0 Å². The number of carbonyl (C=O) groups is 1. The second-order valence-corrected chi connectivity index (χ2v) is 7.63. The first-order valence-corrected chi connectivity index (χ1v) is 8.68. The van der Waals surface area contributed by atoms with Crippen LogP contribution < -0.4 is 5.73 Å². The van der Waals surface area contributed by atoms with Gasteiger partial charge < -0.3 is 10.6 Å². The molecule has 0 atom stereocenters. The van der Waals surface area contributed by atoms with Crippen molar-refractivity contribution in [2.45, 2.75) is 25.7 Å². The molecule has 20 heavy (non-hydrogen) atoms. The lowest BCUT2D eigenvalue weighted by atomic mass is 9.84. The summed E-state index contributed by atoms with van der Waals surface area (Å²) in [5, 5.41) is 0. The molecule has 0 bridgehead atoms. The van der Waals surface area contributed by atoms with Crippen LogP contribution in [0.2, 0.25) is 0 Å². The van der Waals surface area contributed by atoms with Gasteiger partial charge in [0, 0.05) is 32.7 Å². The van der Waals surface area contributed by atoms with Gasteiger partial charge in [-0.3, -0.25) is 4.79 Å². The zero-order valence-electron chi connectivity index (χ0n) is 11.9. The van der Waals surface area contributed by atoms with E-state index in [0.29, 0.717) is 32.7 Å². The second-order valence-electron chi connectivity index (χ2n) is 5.65. The Balaban J connectivity index is 0.00000200. The van der Waals surface area contributed by atoms with Crippen LogP contribution in [0.5, 0.6) is 0 Å². The highest BCUT2D eigenvalue weighted by Crippen LogP contribution is 2.39. The number of hydrogen-bond donors (Lipinski definition) is 1. The van der Waals surface area contributed by atoms with Crippen molar-refractivity contribution in [2.24, 2.45) is 11.1 Å². The highest BCUT2D eigenvalue weighted by Gasteiger charge is 2.43. The van der Waals surface area contributed by atoms with E-state index >= 15 is 0 Å². The van der Waals surface area contributed by atoms with E-state index in [2.05, 4.69) is 0 Å². The highest BCUT2D eigenvalue weighted by molar-refractivity contribution is 7.88. The predicted octanol–water partition coefficient (Wildman–Crippen LogP) is 0.0311. The van der Waals surface area contributed by atoms with E-state index in [-0.39, 0.29) is 23.7 Å². The van der Waals surface area contributed by atoms with Crippen LogP contribution in [0, 0.1) is 5.41 Å². The smallest absolute Gasteiger partial charge is 0.230 e. The average Bonchev–Trinajstić information content (AvgIpc) is 2.87. The van der Waals surface area contributed by atoms with E-state index in [0.717, 1.165) is 25.7 Å². The SMILES string of the molecule is CS(=O)(=O)N1CCN(C(=O)C2(CN)CCCC2)CC1.Cl. The number of sulfonamides is 1. The lowest BCUT2D eigenvalue weighted by Gasteiger charge is -2.38. The Kier molecular flexibility index (Phi) is 5.83. The lowest BCUT2D eigenvalue weighted by Crippen LogP contribution is -2.55. The highest BCUT2D eigenvalue weighted by atomic mass is 35.5. The van der Waals surface area contributed by atoms with Crippen LogP contribution in [0.15, 0.2) is 0 Å². The summed E-state index contributed by atoms with van der Waals surface area (Å²) in [6.07, 6.45) is 5.07. The van der Waals surface area contributed by atoms with Crippen molar-refractivity contribution in [1.82, 2.24) is 9.21 Å². The van der Waals surface area contributed by atoms with E-state index in [4.69, 9.17) is 5.73 Å². The van der Waals surface area contributed by atoms with Gasteiger partial charge in [-0.1, -0.05) is 12.8 Å². The molecule has 0 aromatic carbocycles. The van der Waals surface area contributed by atoms with Gasteiger partial charge >= 0.3 is 0 Å². The molecule has 0 unspecified atom stereocenters. The molecule has 0 radical (unpaired) electrons. The van der Waals surface area contributed by atoms with Crippen molar-refractivity contribution in [3.05, 3.63) is 0 Å². The Hall–Kier alpha value is -0.370. The molecular weight excluding hydrogens is 302 g/mol. The maximum atomic E-state index is 12.6. The van der Waals surface area contributed by atoms with Crippen LogP contribution in [0.3, 0.4) is 0 Å². The van der Waals surface area contributed by atoms with Gasteiger partial charge in [-0.15, -0.1) is 12.4 Å². The van der Waals surface area contributed by atoms with Gasteiger partial charge in [0.2, 0.25) is 15.9 Å². The Morgan fingerprint density at radius 2 is 1.65 bits per heavy atom. The number of piperazine rings is 1. The van der Waals surface area contributed by atoms with Gasteiger partial charge in [0.1, 0.15) is 0 Å². The molecule has 2 N–H and O–H groups in total. The number of nitrogens with zero attached hydrogens (tertiary/aromatic N) is 2. The summed E-state index contributed by atoms with van der Waals surface area (Å²) in [6, 6.07) is 0. The fourth-order valence-electron chi connectivity index (χ4n) is 3.12. The van der Waals surface area contributed by atoms with Gasteiger partial charge in [-0.2, -0.15) is 4.31 Å². The number of carbonyl (C=O) groups excluding carboxylic acids is 1. The molecule has 0 spiro atoms. The van der Waals surface area contributed by atoms with E-state index < -0.39 is 10.0 Å². The molecule has 1 aliphatic carbocycles. The summed E-state index contributed by atoms with van der Waals surface area (Å²) in [5.41, 5.74) is 5.44. The summed E-state index contributed by atoms with van der Waals surface area (Å²) in [4.78, 5) is 14.4. The van der Waals surface area contributed by atoms with Gasteiger partial charge in [0.05, 0.1) is 11.7 Å². The van der Waals surface area contributed by atoms with Crippen LogP contribution in [-0.2, 0) is 14.8 Å². The maximum Gasteiger partial charge on any atom is 0.230 e. The maximum absolute atomic E-state index is 12.6. The largest absolute Gasteiger partial charge is 0.340 e. The third-order valence-corrected chi connectivity index (χ3v) is 5.70. The standard InChI is InChI=1S/C12H23N3O3S.ClH/c1-19(17,18)15-8-6-14(7-9-15)11(16)12(10-13)4-2-3-5-12;/h2-10,13H2,1H3;1H. The molecular formula is C12H24ClN3O3S. The summed E-state index contributed by atoms with van der Waals surface area (Å²) < 4.78 is 24.3. The monoisotopic (exact) mass is 325 g/mol. The van der Waals surface area contributed by atoms with Crippen molar-refractivity contribution in [2.75, 3.05) is 39.0 Å². The Morgan fingerprint density at radius 3 is 2.05 bits per heavy atom. The van der Waals surface area contributed by atoms with Gasteiger partial charge in [-0.25, -0.2) is 8.42 Å².